The average molecular weight is 176 g/mol. The van der Waals surface area contributed by atoms with E-state index in [1.807, 2.05) is 12.2 Å². The van der Waals surface area contributed by atoms with Crippen molar-refractivity contribution in [1.29, 1.82) is 0 Å². The molecule has 0 heterocycles. The number of aliphatic hydroxyl groups is 1. The molecule has 0 aliphatic heterocycles. The highest BCUT2D eigenvalue weighted by molar-refractivity contribution is 5.99. The van der Waals surface area contributed by atoms with Crippen LogP contribution in [-0.2, 0) is 4.79 Å². The van der Waals surface area contributed by atoms with Crippen molar-refractivity contribution < 1.29 is 9.90 Å². The lowest BCUT2D eigenvalue weighted by Crippen LogP contribution is -2.41. The second-order valence-electron chi connectivity index (χ2n) is 4.37. The molecule has 0 saturated heterocycles. The Morgan fingerprint density at radius 3 is 3.15 bits per heavy atom. The van der Waals surface area contributed by atoms with Crippen LogP contribution >= 0.6 is 0 Å². The Morgan fingerprint density at radius 1 is 1.46 bits per heavy atom. The Hall–Kier alpha value is -0.890. The summed E-state index contributed by atoms with van der Waals surface area (Å²) < 4.78 is 0. The first-order chi connectivity index (χ1) is 6.22. The highest BCUT2D eigenvalue weighted by Gasteiger charge is 2.56. The molecule has 1 fully saturated rings. The fraction of sp³-hybridized carbons (Fsp3) is 0.545. The van der Waals surface area contributed by atoms with Crippen molar-refractivity contribution in [1.82, 2.24) is 0 Å². The molecule has 1 N–H and O–H groups in total. The van der Waals surface area contributed by atoms with Crippen molar-refractivity contribution in [2.75, 3.05) is 0 Å². The molecule has 68 valence electrons. The number of hydrogen-bond donors (Lipinski definition) is 1. The largest absolute Gasteiger partial charge is 0.381 e. The first-order valence-corrected chi connectivity index (χ1v) is 4.83. The van der Waals surface area contributed by atoms with E-state index in [0.29, 0.717) is 18.3 Å². The monoisotopic (exact) mass is 176 g/mol. The van der Waals surface area contributed by atoms with Gasteiger partial charge in [-0.25, -0.2) is 0 Å². The van der Waals surface area contributed by atoms with Gasteiger partial charge in [0.1, 0.15) is 5.60 Å². The molecule has 3 aliphatic rings. The lowest BCUT2D eigenvalue weighted by molar-refractivity contribution is -0.135. The summed E-state index contributed by atoms with van der Waals surface area (Å²) in [6.07, 6.45) is 9.33. The summed E-state index contributed by atoms with van der Waals surface area (Å²) in [7, 11) is 0. The number of carbonyl (C=O) groups excluding carboxylic acids is 1. The van der Waals surface area contributed by atoms with Crippen LogP contribution in [-0.4, -0.2) is 16.5 Å². The molecule has 2 bridgehead atoms. The van der Waals surface area contributed by atoms with Crippen LogP contribution in [0.2, 0.25) is 0 Å². The summed E-state index contributed by atoms with van der Waals surface area (Å²) >= 11 is 0. The fourth-order valence-corrected chi connectivity index (χ4v) is 3.10. The van der Waals surface area contributed by atoms with Gasteiger partial charge in [0.15, 0.2) is 5.78 Å². The minimum absolute atomic E-state index is 0.0833. The quantitative estimate of drug-likeness (QED) is 0.560. The topological polar surface area (TPSA) is 37.3 Å². The van der Waals surface area contributed by atoms with Crippen LogP contribution in [0.25, 0.3) is 0 Å². The third-order valence-corrected chi connectivity index (χ3v) is 3.78. The number of carbonyl (C=O) groups is 1. The molecule has 2 nitrogen and oxygen atoms in total. The molecule has 0 amide bonds. The predicted octanol–water partition coefficient (Wildman–Crippen LogP) is 1.07. The maximum absolute atomic E-state index is 11.5. The number of hydrogen-bond acceptors (Lipinski definition) is 2. The van der Waals surface area contributed by atoms with Gasteiger partial charge < -0.3 is 5.11 Å². The van der Waals surface area contributed by atoms with Gasteiger partial charge in [0.2, 0.25) is 0 Å². The Labute approximate surface area is 76.9 Å². The molecule has 0 radical (unpaired) electrons. The Kier molecular flexibility index (Phi) is 1.23. The first kappa shape index (κ1) is 7.51. The first-order valence-electron chi connectivity index (χ1n) is 4.83. The molecular formula is C11H12O2. The smallest absolute Gasteiger partial charge is 0.187 e. The van der Waals surface area contributed by atoms with Crippen molar-refractivity contribution >= 4 is 5.78 Å². The van der Waals surface area contributed by atoms with Gasteiger partial charge in [-0.3, -0.25) is 4.79 Å². The summed E-state index contributed by atoms with van der Waals surface area (Å²) in [6.45, 7) is 0. The zero-order valence-corrected chi connectivity index (χ0v) is 7.31. The molecule has 0 aromatic heterocycles. The summed E-state index contributed by atoms with van der Waals surface area (Å²) in [5.74, 6) is 0.887. The van der Waals surface area contributed by atoms with E-state index in [2.05, 4.69) is 6.08 Å². The van der Waals surface area contributed by atoms with Crippen LogP contribution < -0.4 is 0 Å². The molecule has 1 saturated carbocycles. The van der Waals surface area contributed by atoms with Crippen LogP contribution in [0.1, 0.15) is 12.8 Å². The molecule has 13 heavy (non-hydrogen) atoms. The van der Waals surface area contributed by atoms with Crippen molar-refractivity contribution in [3.8, 4) is 0 Å². The van der Waals surface area contributed by atoms with E-state index in [0.717, 1.165) is 6.42 Å². The average Bonchev–Trinajstić information content (AvgIpc) is 2.64. The second-order valence-corrected chi connectivity index (χ2v) is 4.37. The van der Waals surface area contributed by atoms with E-state index in [4.69, 9.17) is 0 Å². The minimum Gasteiger partial charge on any atom is -0.381 e. The Morgan fingerprint density at radius 2 is 2.31 bits per heavy atom. The maximum atomic E-state index is 11.5. The molecule has 2 heteroatoms. The van der Waals surface area contributed by atoms with Crippen molar-refractivity contribution in [3.63, 3.8) is 0 Å². The van der Waals surface area contributed by atoms with Gasteiger partial charge in [0.05, 0.1) is 0 Å². The van der Waals surface area contributed by atoms with Crippen LogP contribution in [0.15, 0.2) is 24.3 Å². The summed E-state index contributed by atoms with van der Waals surface area (Å²) in [5.41, 5.74) is -1.06. The molecule has 0 spiro atoms. The van der Waals surface area contributed by atoms with Gasteiger partial charge in [-0.05, 0) is 30.8 Å². The lowest BCUT2D eigenvalue weighted by atomic mass is 9.84. The zero-order chi connectivity index (χ0) is 9.05. The van der Waals surface area contributed by atoms with Crippen LogP contribution in [0.5, 0.6) is 0 Å². The van der Waals surface area contributed by atoms with Crippen molar-refractivity contribution in [2.24, 2.45) is 17.8 Å². The highest BCUT2D eigenvalue weighted by atomic mass is 16.3. The molecule has 4 atom stereocenters. The predicted molar refractivity (Wildman–Crippen MR) is 47.9 cm³/mol. The van der Waals surface area contributed by atoms with Crippen LogP contribution in [0.3, 0.4) is 0 Å². The normalized spacial score (nSPS) is 51.5. The summed E-state index contributed by atoms with van der Waals surface area (Å²) in [4.78, 5) is 11.5. The number of fused-ring (bicyclic) bond motifs is 5. The van der Waals surface area contributed by atoms with Crippen molar-refractivity contribution in [3.05, 3.63) is 24.3 Å². The molecular weight excluding hydrogens is 164 g/mol. The van der Waals surface area contributed by atoms with E-state index in [1.165, 1.54) is 0 Å². The van der Waals surface area contributed by atoms with E-state index in [9.17, 15) is 9.90 Å². The van der Waals surface area contributed by atoms with Gasteiger partial charge in [0.25, 0.3) is 0 Å². The van der Waals surface area contributed by atoms with E-state index in [-0.39, 0.29) is 11.7 Å². The van der Waals surface area contributed by atoms with Gasteiger partial charge in [-0.2, -0.15) is 0 Å². The van der Waals surface area contributed by atoms with E-state index >= 15 is 0 Å². The molecule has 0 aromatic rings. The maximum Gasteiger partial charge on any atom is 0.187 e. The number of ketones is 1. The Bertz CT molecular complexity index is 329. The molecule has 0 unspecified atom stereocenters. The fourth-order valence-electron chi connectivity index (χ4n) is 3.10. The SMILES string of the molecule is O=C1C=C[C@H]2C[C@@]1(O)[C@H]1C=CC[C@@H]21. The van der Waals surface area contributed by atoms with Gasteiger partial charge >= 0.3 is 0 Å². The second kappa shape index (κ2) is 2.13. The molecule has 3 aliphatic carbocycles. The van der Waals surface area contributed by atoms with Gasteiger partial charge in [-0.1, -0.05) is 18.2 Å². The summed E-state index contributed by atoms with van der Waals surface area (Å²) in [6, 6.07) is 0. The third-order valence-electron chi connectivity index (χ3n) is 3.78. The van der Waals surface area contributed by atoms with E-state index in [1.54, 1.807) is 6.08 Å². The van der Waals surface area contributed by atoms with Crippen LogP contribution in [0, 0.1) is 17.8 Å². The number of allylic oxidation sites excluding steroid dienone is 2. The zero-order valence-electron chi connectivity index (χ0n) is 7.31. The third kappa shape index (κ3) is 0.748. The molecule has 0 aromatic carbocycles. The van der Waals surface area contributed by atoms with Crippen LogP contribution in [0.4, 0.5) is 0 Å². The van der Waals surface area contributed by atoms with Gasteiger partial charge in [0, 0.05) is 5.92 Å². The standard InChI is InChI=1S/C11H12O2/c12-10-5-4-7-6-11(10,13)9-3-1-2-8(7)9/h1,3-5,7-9,13H,2,6H2/t7-,8-,9-,11+/m0/s1. The van der Waals surface area contributed by atoms with Gasteiger partial charge in [-0.15, -0.1) is 0 Å². The summed E-state index contributed by atoms with van der Waals surface area (Å²) in [5, 5.41) is 10.2. The minimum atomic E-state index is -1.06. The molecule has 3 rings (SSSR count). The Balaban J connectivity index is 2.12. The highest BCUT2D eigenvalue weighted by Crippen LogP contribution is 2.52. The lowest BCUT2D eigenvalue weighted by Gasteiger charge is -2.26. The van der Waals surface area contributed by atoms with E-state index < -0.39 is 5.60 Å². The number of rotatable bonds is 0. The van der Waals surface area contributed by atoms with Crippen molar-refractivity contribution in [2.45, 2.75) is 18.4 Å².